The first-order valence-electron chi connectivity index (χ1n) is 11.2. The molecule has 3 rings (SSSR count). The number of anilines is 2. The number of hydrogen-bond acceptors (Lipinski definition) is 5. The fourth-order valence-corrected chi connectivity index (χ4v) is 3.10. The molecule has 3 aromatic carbocycles. The maximum atomic E-state index is 12.5. The number of benzene rings is 3. The zero-order valence-corrected chi connectivity index (χ0v) is 19.8. The minimum absolute atomic E-state index is 0.0410. The van der Waals surface area contributed by atoms with Crippen LogP contribution in [-0.4, -0.2) is 37.1 Å². The van der Waals surface area contributed by atoms with Gasteiger partial charge in [-0.15, -0.1) is 0 Å². The van der Waals surface area contributed by atoms with Crippen molar-refractivity contribution in [2.45, 2.75) is 26.3 Å². The highest BCUT2D eigenvalue weighted by atomic mass is 16.5. The molecule has 0 atom stereocenters. The average Bonchev–Trinajstić information content (AvgIpc) is 2.81. The molecule has 178 valence electrons. The third-order valence-corrected chi connectivity index (χ3v) is 4.58. The monoisotopic (exact) mass is 461 g/mol. The van der Waals surface area contributed by atoms with Gasteiger partial charge in [-0.2, -0.15) is 0 Å². The number of hydrogen-bond donors (Lipinski definition) is 3. The maximum Gasteiger partial charge on any atom is 0.251 e. The van der Waals surface area contributed by atoms with Crippen molar-refractivity contribution in [2.75, 3.05) is 30.4 Å². The van der Waals surface area contributed by atoms with Crippen LogP contribution in [0.2, 0.25) is 0 Å². The number of carbonyl (C=O) groups excluding carboxylic acids is 2. The number of ether oxygens (including phenoxy) is 2. The summed E-state index contributed by atoms with van der Waals surface area (Å²) in [7, 11) is 0. The molecule has 0 spiro atoms. The molecule has 0 saturated heterocycles. The Morgan fingerprint density at radius 3 is 2.29 bits per heavy atom. The van der Waals surface area contributed by atoms with E-state index in [2.05, 4.69) is 16.0 Å². The molecule has 0 aromatic heterocycles. The predicted molar refractivity (Wildman–Crippen MR) is 135 cm³/mol. The number of amides is 2. The van der Waals surface area contributed by atoms with E-state index in [1.165, 1.54) is 0 Å². The number of para-hydroxylation sites is 3. The molecule has 34 heavy (non-hydrogen) atoms. The Labute approximate surface area is 200 Å². The highest BCUT2D eigenvalue weighted by molar-refractivity contribution is 5.98. The lowest BCUT2D eigenvalue weighted by Gasteiger charge is -2.20. The van der Waals surface area contributed by atoms with Crippen molar-refractivity contribution in [3.63, 3.8) is 0 Å². The first-order chi connectivity index (χ1) is 16.3. The number of nitrogens with one attached hydrogen (secondary N) is 3. The number of carbonyl (C=O) groups is 2. The highest BCUT2D eigenvalue weighted by Gasteiger charge is 2.15. The Balaban J connectivity index is 1.49. The molecule has 0 aliphatic heterocycles. The molecule has 0 radical (unpaired) electrons. The van der Waals surface area contributed by atoms with Crippen LogP contribution in [0.25, 0.3) is 0 Å². The minimum atomic E-state index is -0.344. The zero-order valence-electron chi connectivity index (χ0n) is 19.8. The van der Waals surface area contributed by atoms with E-state index < -0.39 is 0 Å². The van der Waals surface area contributed by atoms with Crippen LogP contribution in [0.1, 0.15) is 31.1 Å². The summed E-state index contributed by atoms with van der Waals surface area (Å²) in [5.41, 5.74) is 1.40. The zero-order chi connectivity index (χ0) is 24.4. The van der Waals surface area contributed by atoms with Crippen LogP contribution >= 0.6 is 0 Å². The molecule has 7 heteroatoms. The maximum absolute atomic E-state index is 12.5. The second-order valence-electron chi connectivity index (χ2n) is 8.69. The van der Waals surface area contributed by atoms with Gasteiger partial charge < -0.3 is 25.4 Å². The van der Waals surface area contributed by atoms with Crippen molar-refractivity contribution < 1.29 is 19.1 Å². The van der Waals surface area contributed by atoms with Crippen LogP contribution in [0.4, 0.5) is 11.4 Å². The summed E-state index contributed by atoms with van der Waals surface area (Å²) in [6, 6.07) is 23.8. The van der Waals surface area contributed by atoms with Crippen molar-refractivity contribution in [2.24, 2.45) is 0 Å². The Hall–Kier alpha value is -4.00. The molecular weight excluding hydrogens is 430 g/mol. The van der Waals surface area contributed by atoms with E-state index >= 15 is 0 Å². The van der Waals surface area contributed by atoms with E-state index in [9.17, 15) is 9.59 Å². The van der Waals surface area contributed by atoms with Gasteiger partial charge >= 0.3 is 0 Å². The van der Waals surface area contributed by atoms with E-state index in [0.717, 1.165) is 5.75 Å². The summed E-state index contributed by atoms with van der Waals surface area (Å²) < 4.78 is 11.5. The van der Waals surface area contributed by atoms with E-state index in [-0.39, 0.29) is 23.9 Å². The molecule has 0 fully saturated rings. The molecule has 0 aliphatic carbocycles. The second kappa shape index (κ2) is 11.7. The third-order valence-electron chi connectivity index (χ3n) is 4.58. The molecule has 7 nitrogen and oxygen atoms in total. The van der Waals surface area contributed by atoms with Crippen LogP contribution in [0.5, 0.6) is 11.5 Å². The summed E-state index contributed by atoms with van der Waals surface area (Å²) in [6.07, 6.45) is 0. The van der Waals surface area contributed by atoms with Gasteiger partial charge in [-0.05, 0) is 63.2 Å². The largest absolute Gasteiger partial charge is 0.490 e. The van der Waals surface area contributed by atoms with Crippen molar-refractivity contribution >= 4 is 23.2 Å². The topological polar surface area (TPSA) is 88.7 Å². The van der Waals surface area contributed by atoms with Crippen molar-refractivity contribution in [1.82, 2.24) is 5.32 Å². The first-order valence-corrected chi connectivity index (χ1v) is 11.2. The predicted octanol–water partition coefficient (Wildman–Crippen LogP) is 4.72. The molecule has 2 amide bonds. The van der Waals surface area contributed by atoms with E-state index in [1.54, 1.807) is 24.3 Å². The Morgan fingerprint density at radius 1 is 0.824 bits per heavy atom. The minimum Gasteiger partial charge on any atom is -0.490 e. The van der Waals surface area contributed by atoms with Crippen LogP contribution in [0.15, 0.2) is 78.9 Å². The normalized spacial score (nSPS) is 10.8. The number of rotatable bonds is 10. The van der Waals surface area contributed by atoms with Gasteiger partial charge in [0.2, 0.25) is 5.91 Å². The Morgan fingerprint density at radius 2 is 1.53 bits per heavy atom. The summed E-state index contributed by atoms with van der Waals surface area (Å²) in [6.45, 7) is 6.56. The van der Waals surface area contributed by atoms with Crippen LogP contribution in [-0.2, 0) is 4.79 Å². The average molecular weight is 462 g/mol. The standard InChI is InChI=1S/C27H31N3O4/c1-27(2,3)30-26(32)20-10-9-11-21(18-20)29-25(31)19-28-23-14-7-8-15-24(23)34-17-16-33-22-12-5-4-6-13-22/h4-15,18,28H,16-17,19H2,1-3H3,(H,29,31)(H,30,32). The molecule has 0 bridgehead atoms. The smallest absolute Gasteiger partial charge is 0.251 e. The molecule has 0 heterocycles. The van der Waals surface area contributed by atoms with Crippen molar-refractivity contribution in [3.05, 3.63) is 84.4 Å². The van der Waals surface area contributed by atoms with Crippen LogP contribution < -0.4 is 25.4 Å². The Bertz CT molecular complexity index is 1090. The second-order valence-corrected chi connectivity index (χ2v) is 8.69. The summed E-state index contributed by atoms with van der Waals surface area (Å²) in [4.78, 5) is 24.9. The molecule has 0 aliphatic rings. The van der Waals surface area contributed by atoms with Crippen LogP contribution in [0.3, 0.4) is 0 Å². The van der Waals surface area contributed by atoms with Gasteiger partial charge in [-0.25, -0.2) is 0 Å². The first kappa shape index (κ1) is 24.6. The van der Waals surface area contributed by atoms with Crippen molar-refractivity contribution in [3.8, 4) is 11.5 Å². The molecular formula is C27H31N3O4. The van der Waals surface area contributed by atoms with E-state index in [1.807, 2.05) is 75.4 Å². The molecule has 0 unspecified atom stereocenters. The Kier molecular flexibility index (Phi) is 8.51. The van der Waals surface area contributed by atoms with Gasteiger partial charge in [-0.1, -0.05) is 36.4 Å². The lowest BCUT2D eigenvalue weighted by Crippen LogP contribution is -2.40. The summed E-state index contributed by atoms with van der Waals surface area (Å²) >= 11 is 0. The summed E-state index contributed by atoms with van der Waals surface area (Å²) in [5.74, 6) is 0.988. The fourth-order valence-electron chi connectivity index (χ4n) is 3.10. The summed E-state index contributed by atoms with van der Waals surface area (Å²) in [5, 5.41) is 8.83. The van der Waals surface area contributed by atoms with Gasteiger partial charge in [0.1, 0.15) is 24.7 Å². The molecule has 0 saturated carbocycles. The van der Waals surface area contributed by atoms with Gasteiger partial charge in [0.25, 0.3) is 5.91 Å². The van der Waals surface area contributed by atoms with E-state index in [0.29, 0.717) is 35.9 Å². The SMILES string of the molecule is CC(C)(C)NC(=O)c1cccc(NC(=O)CNc2ccccc2OCCOc2ccccc2)c1. The van der Waals surface area contributed by atoms with E-state index in [4.69, 9.17) is 9.47 Å². The van der Waals surface area contributed by atoms with Crippen LogP contribution in [0, 0.1) is 0 Å². The van der Waals surface area contributed by atoms with Gasteiger partial charge in [-0.3, -0.25) is 9.59 Å². The lowest BCUT2D eigenvalue weighted by atomic mass is 10.1. The van der Waals surface area contributed by atoms with Crippen molar-refractivity contribution in [1.29, 1.82) is 0 Å². The quantitative estimate of drug-likeness (QED) is 0.380. The fraction of sp³-hybridized carbons (Fsp3) is 0.259. The molecule has 3 aromatic rings. The lowest BCUT2D eigenvalue weighted by molar-refractivity contribution is -0.114. The van der Waals surface area contributed by atoms with Gasteiger partial charge in [0, 0.05) is 16.8 Å². The third kappa shape index (κ3) is 8.16. The van der Waals surface area contributed by atoms with Gasteiger partial charge in [0.15, 0.2) is 0 Å². The van der Waals surface area contributed by atoms with Gasteiger partial charge in [0.05, 0.1) is 12.2 Å². The highest BCUT2D eigenvalue weighted by Crippen LogP contribution is 2.23. The molecule has 3 N–H and O–H groups in total.